The SMILES string of the molecule is COc1cc(-c2noc([C@H]3C[C@H](OC)CN3)n2)ccc1O. The van der Waals surface area contributed by atoms with E-state index >= 15 is 0 Å². The molecule has 1 aliphatic rings. The van der Waals surface area contributed by atoms with Gasteiger partial charge in [-0.2, -0.15) is 4.98 Å². The van der Waals surface area contributed by atoms with Gasteiger partial charge >= 0.3 is 0 Å². The number of hydrogen-bond acceptors (Lipinski definition) is 7. The molecule has 2 heterocycles. The number of methoxy groups -OCH3 is 2. The fourth-order valence-corrected chi connectivity index (χ4v) is 2.38. The maximum atomic E-state index is 9.60. The Hall–Kier alpha value is -2.12. The molecule has 1 saturated heterocycles. The fourth-order valence-electron chi connectivity index (χ4n) is 2.38. The lowest BCUT2D eigenvalue weighted by Gasteiger charge is -2.04. The van der Waals surface area contributed by atoms with Crippen molar-refractivity contribution < 1.29 is 19.1 Å². The van der Waals surface area contributed by atoms with Crippen LogP contribution in [0.5, 0.6) is 11.5 Å². The topological polar surface area (TPSA) is 89.6 Å². The van der Waals surface area contributed by atoms with Crippen LogP contribution in [0.1, 0.15) is 18.4 Å². The van der Waals surface area contributed by atoms with Crippen molar-refractivity contribution in [2.75, 3.05) is 20.8 Å². The highest BCUT2D eigenvalue weighted by Gasteiger charge is 2.29. The lowest BCUT2D eigenvalue weighted by atomic mass is 10.2. The van der Waals surface area contributed by atoms with E-state index in [1.165, 1.54) is 7.11 Å². The second-order valence-electron chi connectivity index (χ2n) is 4.90. The van der Waals surface area contributed by atoms with Crippen molar-refractivity contribution in [3.05, 3.63) is 24.1 Å². The normalized spacial score (nSPS) is 21.6. The zero-order valence-electron chi connectivity index (χ0n) is 11.9. The lowest BCUT2D eigenvalue weighted by molar-refractivity contribution is 0.116. The Morgan fingerprint density at radius 3 is 2.95 bits per heavy atom. The van der Waals surface area contributed by atoms with Crippen molar-refractivity contribution in [1.29, 1.82) is 0 Å². The van der Waals surface area contributed by atoms with Gasteiger partial charge in [-0.1, -0.05) is 5.16 Å². The van der Waals surface area contributed by atoms with Crippen molar-refractivity contribution in [2.24, 2.45) is 0 Å². The van der Waals surface area contributed by atoms with E-state index in [1.807, 2.05) is 0 Å². The van der Waals surface area contributed by atoms with Crippen molar-refractivity contribution in [2.45, 2.75) is 18.6 Å². The predicted octanol–water partition coefficient (Wildman–Crippen LogP) is 1.50. The number of benzene rings is 1. The van der Waals surface area contributed by atoms with Gasteiger partial charge in [0.1, 0.15) is 0 Å². The first-order chi connectivity index (χ1) is 10.2. The number of nitrogens with one attached hydrogen (secondary N) is 1. The largest absolute Gasteiger partial charge is 0.504 e. The average molecular weight is 291 g/mol. The molecule has 0 spiro atoms. The maximum Gasteiger partial charge on any atom is 0.244 e. The van der Waals surface area contributed by atoms with E-state index in [0.717, 1.165) is 18.5 Å². The van der Waals surface area contributed by atoms with Crippen molar-refractivity contribution in [3.63, 3.8) is 0 Å². The Kier molecular flexibility index (Phi) is 3.76. The van der Waals surface area contributed by atoms with Gasteiger partial charge in [0, 0.05) is 19.2 Å². The van der Waals surface area contributed by atoms with Gasteiger partial charge in [-0.25, -0.2) is 0 Å². The molecule has 0 saturated carbocycles. The van der Waals surface area contributed by atoms with E-state index in [4.69, 9.17) is 14.0 Å². The second-order valence-corrected chi connectivity index (χ2v) is 4.90. The van der Waals surface area contributed by atoms with Crippen molar-refractivity contribution in [1.82, 2.24) is 15.5 Å². The van der Waals surface area contributed by atoms with Crippen LogP contribution < -0.4 is 10.1 Å². The van der Waals surface area contributed by atoms with Gasteiger partial charge in [0.2, 0.25) is 11.7 Å². The van der Waals surface area contributed by atoms with Crippen LogP contribution in [0.3, 0.4) is 0 Å². The predicted molar refractivity (Wildman–Crippen MR) is 74.1 cm³/mol. The molecule has 1 aromatic heterocycles. The van der Waals surface area contributed by atoms with E-state index < -0.39 is 0 Å². The van der Waals surface area contributed by atoms with Crippen LogP contribution in [0, 0.1) is 0 Å². The minimum absolute atomic E-state index is 0.00945. The number of ether oxygens (including phenoxy) is 2. The quantitative estimate of drug-likeness (QED) is 0.882. The standard InChI is InChI=1S/C14H17N3O4/c1-19-9-6-10(15-7-9)14-16-13(17-21-14)8-3-4-11(18)12(5-8)20-2/h3-5,9-10,15,18H,6-7H2,1-2H3/t9-,10+/m0/s1. The first-order valence-electron chi connectivity index (χ1n) is 6.68. The van der Waals surface area contributed by atoms with Gasteiger partial charge in [0.05, 0.1) is 19.3 Å². The maximum absolute atomic E-state index is 9.60. The first-order valence-corrected chi connectivity index (χ1v) is 6.68. The van der Waals surface area contributed by atoms with Gasteiger partial charge < -0.3 is 24.4 Å². The molecule has 1 aliphatic heterocycles. The zero-order chi connectivity index (χ0) is 14.8. The Balaban J connectivity index is 1.82. The number of aromatic hydroxyl groups is 1. The molecule has 21 heavy (non-hydrogen) atoms. The number of phenolic OH excluding ortho intramolecular Hbond substituents is 1. The summed E-state index contributed by atoms with van der Waals surface area (Å²) in [5.41, 5.74) is 0.723. The number of nitrogens with zero attached hydrogens (tertiary/aromatic N) is 2. The molecule has 0 unspecified atom stereocenters. The molecule has 0 radical (unpaired) electrons. The fraction of sp³-hybridized carbons (Fsp3) is 0.429. The summed E-state index contributed by atoms with van der Waals surface area (Å²) in [4.78, 5) is 4.40. The Bertz CT molecular complexity index is 628. The molecule has 3 rings (SSSR count). The Morgan fingerprint density at radius 2 is 2.24 bits per heavy atom. The monoisotopic (exact) mass is 291 g/mol. The molecule has 7 nitrogen and oxygen atoms in total. The highest BCUT2D eigenvalue weighted by Crippen LogP contribution is 2.31. The van der Waals surface area contributed by atoms with Crippen molar-refractivity contribution in [3.8, 4) is 22.9 Å². The molecule has 1 fully saturated rings. The summed E-state index contributed by atoms with van der Waals surface area (Å²) in [7, 11) is 3.19. The van der Waals surface area contributed by atoms with E-state index in [-0.39, 0.29) is 17.9 Å². The highest BCUT2D eigenvalue weighted by atomic mass is 16.5. The molecule has 7 heteroatoms. The van der Waals surface area contributed by atoms with Gasteiger partial charge in [0.25, 0.3) is 0 Å². The summed E-state index contributed by atoms with van der Waals surface area (Å²) < 4.78 is 15.7. The van der Waals surface area contributed by atoms with Crippen LogP contribution in [0.15, 0.2) is 22.7 Å². The molecular formula is C14H17N3O4. The van der Waals surface area contributed by atoms with Gasteiger partial charge in [-0.3, -0.25) is 0 Å². The minimum atomic E-state index is 0.00945. The first kappa shape index (κ1) is 13.8. The summed E-state index contributed by atoms with van der Waals surface area (Å²) in [6.07, 6.45) is 0.968. The number of hydrogen-bond donors (Lipinski definition) is 2. The number of phenols is 1. The van der Waals surface area contributed by atoms with Crippen LogP contribution in [-0.2, 0) is 4.74 Å². The van der Waals surface area contributed by atoms with Crippen molar-refractivity contribution >= 4 is 0 Å². The average Bonchev–Trinajstić information content (AvgIpc) is 3.16. The lowest BCUT2D eigenvalue weighted by Crippen LogP contribution is -2.16. The van der Waals surface area contributed by atoms with Gasteiger partial charge in [0.15, 0.2) is 11.5 Å². The van der Waals surface area contributed by atoms with E-state index in [9.17, 15) is 5.11 Å². The molecule has 2 N–H and O–H groups in total. The molecule has 2 aromatic rings. The highest BCUT2D eigenvalue weighted by molar-refractivity contribution is 5.60. The summed E-state index contributed by atoms with van der Waals surface area (Å²) in [5, 5.41) is 16.9. The minimum Gasteiger partial charge on any atom is -0.504 e. The summed E-state index contributed by atoms with van der Waals surface area (Å²) in [5.74, 6) is 1.45. The molecule has 1 aromatic carbocycles. The summed E-state index contributed by atoms with van der Waals surface area (Å²) in [6, 6.07) is 4.94. The third kappa shape index (κ3) is 2.70. The Labute approximate surface area is 121 Å². The summed E-state index contributed by atoms with van der Waals surface area (Å²) >= 11 is 0. The van der Waals surface area contributed by atoms with Crippen LogP contribution >= 0.6 is 0 Å². The number of aromatic nitrogens is 2. The molecule has 0 bridgehead atoms. The molecule has 0 aliphatic carbocycles. The third-order valence-electron chi connectivity index (χ3n) is 3.60. The third-order valence-corrected chi connectivity index (χ3v) is 3.60. The van der Waals surface area contributed by atoms with Crippen LogP contribution in [0.25, 0.3) is 11.4 Å². The molecule has 2 atom stereocenters. The van der Waals surface area contributed by atoms with E-state index in [0.29, 0.717) is 17.5 Å². The van der Waals surface area contributed by atoms with Crippen LogP contribution in [-0.4, -0.2) is 42.1 Å². The van der Waals surface area contributed by atoms with Gasteiger partial charge in [-0.15, -0.1) is 0 Å². The summed E-state index contributed by atoms with van der Waals surface area (Å²) in [6.45, 7) is 0.770. The molecule has 0 amide bonds. The van der Waals surface area contributed by atoms with Crippen LogP contribution in [0.2, 0.25) is 0 Å². The smallest absolute Gasteiger partial charge is 0.244 e. The van der Waals surface area contributed by atoms with E-state index in [1.54, 1.807) is 25.3 Å². The van der Waals surface area contributed by atoms with Gasteiger partial charge in [-0.05, 0) is 24.6 Å². The molecule has 112 valence electrons. The number of rotatable bonds is 4. The molecular weight excluding hydrogens is 274 g/mol. The van der Waals surface area contributed by atoms with Crippen LogP contribution in [0.4, 0.5) is 0 Å². The van der Waals surface area contributed by atoms with E-state index in [2.05, 4.69) is 15.5 Å². The Morgan fingerprint density at radius 1 is 1.38 bits per heavy atom. The zero-order valence-corrected chi connectivity index (χ0v) is 11.9. The second kappa shape index (κ2) is 5.71.